The minimum Gasteiger partial charge on any atom is -0.309 e. The van der Waals surface area contributed by atoms with Crippen LogP contribution in [0.2, 0.25) is 0 Å². The zero-order chi connectivity index (χ0) is 15.0. The Kier molecular flexibility index (Phi) is 4.26. The summed E-state index contributed by atoms with van der Waals surface area (Å²) in [5, 5.41) is 8.06. The van der Waals surface area contributed by atoms with E-state index >= 15 is 0 Å². The minimum absolute atomic E-state index is 0.226. The highest BCUT2D eigenvalue weighted by Gasteiger charge is 2.39. The van der Waals surface area contributed by atoms with Crippen LogP contribution >= 0.6 is 0 Å². The molecule has 1 aliphatic heterocycles. The lowest BCUT2D eigenvalue weighted by Gasteiger charge is -2.50. The van der Waals surface area contributed by atoms with Gasteiger partial charge in [-0.25, -0.2) is 0 Å². The second-order valence-corrected chi connectivity index (χ2v) is 7.60. The number of hydrogen-bond donors (Lipinski definition) is 1. The van der Waals surface area contributed by atoms with Crippen LogP contribution in [0.5, 0.6) is 0 Å². The molecule has 0 amide bonds. The average molecular weight is 278 g/mol. The van der Waals surface area contributed by atoms with Crippen LogP contribution in [0, 0.1) is 5.41 Å². The molecule has 2 rings (SSSR count). The standard InChI is InChI=1S/C16H30N4/c1-7-16(5)12-20(11-13-8-18-19(6)10-13)14(9-17-16)15(2,3)4/h8,10,14,17H,7,9,11-12H2,1-6H3. The minimum atomic E-state index is 0.226. The highest BCUT2D eigenvalue weighted by atomic mass is 15.3. The van der Waals surface area contributed by atoms with Crippen molar-refractivity contribution in [2.24, 2.45) is 12.5 Å². The molecule has 20 heavy (non-hydrogen) atoms. The van der Waals surface area contributed by atoms with Crippen molar-refractivity contribution in [1.82, 2.24) is 20.0 Å². The molecular weight excluding hydrogens is 248 g/mol. The van der Waals surface area contributed by atoms with E-state index in [-0.39, 0.29) is 11.0 Å². The molecule has 0 spiro atoms. The molecule has 1 fully saturated rings. The van der Waals surface area contributed by atoms with Crippen molar-refractivity contribution in [3.05, 3.63) is 18.0 Å². The molecular formula is C16H30N4. The van der Waals surface area contributed by atoms with Gasteiger partial charge in [-0.05, 0) is 18.8 Å². The van der Waals surface area contributed by atoms with Gasteiger partial charge >= 0.3 is 0 Å². The summed E-state index contributed by atoms with van der Waals surface area (Å²) >= 11 is 0. The Morgan fingerprint density at radius 2 is 2.15 bits per heavy atom. The van der Waals surface area contributed by atoms with Gasteiger partial charge in [0.2, 0.25) is 0 Å². The second kappa shape index (κ2) is 5.49. The number of piperazine rings is 1. The molecule has 1 saturated heterocycles. The molecule has 4 nitrogen and oxygen atoms in total. The third-order valence-corrected chi connectivity index (χ3v) is 4.64. The zero-order valence-electron chi connectivity index (χ0n) is 13.9. The second-order valence-electron chi connectivity index (χ2n) is 7.60. The van der Waals surface area contributed by atoms with Gasteiger partial charge in [-0.2, -0.15) is 5.10 Å². The van der Waals surface area contributed by atoms with Crippen molar-refractivity contribution < 1.29 is 0 Å². The predicted octanol–water partition coefficient (Wildman–Crippen LogP) is 2.41. The number of rotatable bonds is 3. The molecule has 0 aromatic carbocycles. The normalized spacial score (nSPS) is 28.8. The number of nitrogens with one attached hydrogen (secondary N) is 1. The maximum atomic E-state index is 4.30. The fourth-order valence-corrected chi connectivity index (χ4v) is 3.13. The van der Waals surface area contributed by atoms with Crippen molar-refractivity contribution in [1.29, 1.82) is 0 Å². The Balaban J connectivity index is 2.17. The van der Waals surface area contributed by atoms with Crippen molar-refractivity contribution in [2.75, 3.05) is 13.1 Å². The van der Waals surface area contributed by atoms with E-state index in [1.165, 1.54) is 5.56 Å². The number of hydrogen-bond acceptors (Lipinski definition) is 3. The van der Waals surface area contributed by atoms with Gasteiger partial charge in [0.1, 0.15) is 0 Å². The van der Waals surface area contributed by atoms with Crippen LogP contribution in [0.25, 0.3) is 0 Å². The molecule has 114 valence electrons. The Hall–Kier alpha value is -0.870. The Bertz CT molecular complexity index is 446. The fourth-order valence-electron chi connectivity index (χ4n) is 3.13. The quantitative estimate of drug-likeness (QED) is 0.922. The summed E-state index contributed by atoms with van der Waals surface area (Å²) in [6.07, 6.45) is 5.28. The van der Waals surface area contributed by atoms with Gasteiger partial charge in [0, 0.05) is 50.0 Å². The van der Waals surface area contributed by atoms with Crippen LogP contribution in [0.4, 0.5) is 0 Å². The van der Waals surface area contributed by atoms with Gasteiger partial charge in [-0.15, -0.1) is 0 Å². The maximum Gasteiger partial charge on any atom is 0.0534 e. The van der Waals surface area contributed by atoms with Gasteiger partial charge < -0.3 is 5.32 Å². The Labute approximate surface area is 123 Å². The van der Waals surface area contributed by atoms with Crippen LogP contribution in [-0.4, -0.2) is 39.4 Å². The van der Waals surface area contributed by atoms with E-state index in [4.69, 9.17) is 0 Å². The van der Waals surface area contributed by atoms with Crippen molar-refractivity contribution >= 4 is 0 Å². The summed E-state index contributed by atoms with van der Waals surface area (Å²) in [6.45, 7) is 14.8. The van der Waals surface area contributed by atoms with E-state index in [2.05, 4.69) is 56.1 Å². The van der Waals surface area contributed by atoms with E-state index in [0.29, 0.717) is 6.04 Å². The van der Waals surface area contributed by atoms with E-state index in [1.54, 1.807) is 0 Å². The van der Waals surface area contributed by atoms with E-state index in [1.807, 2.05) is 17.9 Å². The first kappa shape index (κ1) is 15.5. The van der Waals surface area contributed by atoms with Gasteiger partial charge in [0.05, 0.1) is 6.20 Å². The first-order valence-corrected chi connectivity index (χ1v) is 7.70. The van der Waals surface area contributed by atoms with Crippen LogP contribution in [0.3, 0.4) is 0 Å². The first-order chi connectivity index (χ1) is 9.23. The summed E-state index contributed by atoms with van der Waals surface area (Å²) in [4.78, 5) is 2.64. The molecule has 1 aromatic heterocycles. The summed E-state index contributed by atoms with van der Waals surface area (Å²) in [7, 11) is 1.98. The monoisotopic (exact) mass is 278 g/mol. The predicted molar refractivity (Wildman–Crippen MR) is 83.6 cm³/mol. The third-order valence-electron chi connectivity index (χ3n) is 4.64. The molecule has 1 N–H and O–H groups in total. The van der Waals surface area contributed by atoms with Crippen molar-refractivity contribution in [3.63, 3.8) is 0 Å². The number of aryl methyl sites for hydroxylation is 1. The summed E-state index contributed by atoms with van der Waals surface area (Å²) in [6, 6.07) is 0.558. The molecule has 0 aliphatic carbocycles. The number of aromatic nitrogens is 2. The fraction of sp³-hybridized carbons (Fsp3) is 0.812. The lowest BCUT2D eigenvalue weighted by atomic mass is 9.81. The molecule has 1 aromatic rings. The third kappa shape index (κ3) is 3.41. The molecule has 0 bridgehead atoms. The van der Waals surface area contributed by atoms with Gasteiger partial charge in [-0.1, -0.05) is 27.7 Å². The van der Waals surface area contributed by atoms with Crippen molar-refractivity contribution in [3.8, 4) is 0 Å². The molecule has 0 radical (unpaired) electrons. The first-order valence-electron chi connectivity index (χ1n) is 7.70. The highest BCUT2D eigenvalue weighted by molar-refractivity contribution is 5.07. The van der Waals surface area contributed by atoms with E-state index in [9.17, 15) is 0 Å². The molecule has 2 atom stereocenters. The van der Waals surface area contributed by atoms with Gasteiger partial charge in [-0.3, -0.25) is 9.58 Å². The highest BCUT2D eigenvalue weighted by Crippen LogP contribution is 2.30. The molecule has 4 heteroatoms. The number of nitrogens with zero attached hydrogens (tertiary/aromatic N) is 3. The topological polar surface area (TPSA) is 33.1 Å². The zero-order valence-corrected chi connectivity index (χ0v) is 13.9. The Morgan fingerprint density at radius 1 is 1.45 bits per heavy atom. The smallest absolute Gasteiger partial charge is 0.0534 e. The Morgan fingerprint density at radius 3 is 2.65 bits per heavy atom. The van der Waals surface area contributed by atoms with Crippen molar-refractivity contribution in [2.45, 2.75) is 59.2 Å². The lowest BCUT2D eigenvalue weighted by molar-refractivity contribution is 0.0204. The summed E-state index contributed by atoms with van der Waals surface area (Å²) in [5.41, 5.74) is 1.82. The van der Waals surface area contributed by atoms with Gasteiger partial charge in [0.15, 0.2) is 0 Å². The summed E-state index contributed by atoms with van der Waals surface area (Å²) in [5.74, 6) is 0. The van der Waals surface area contributed by atoms with Gasteiger partial charge in [0.25, 0.3) is 0 Å². The lowest BCUT2D eigenvalue weighted by Crippen LogP contribution is -2.65. The largest absolute Gasteiger partial charge is 0.309 e. The van der Waals surface area contributed by atoms with Crippen LogP contribution in [0.15, 0.2) is 12.4 Å². The maximum absolute atomic E-state index is 4.30. The molecule has 2 heterocycles. The van der Waals surface area contributed by atoms with E-state index in [0.717, 1.165) is 26.1 Å². The molecule has 2 unspecified atom stereocenters. The molecule has 0 saturated carbocycles. The van der Waals surface area contributed by atoms with E-state index < -0.39 is 0 Å². The van der Waals surface area contributed by atoms with Crippen LogP contribution in [-0.2, 0) is 13.6 Å². The van der Waals surface area contributed by atoms with Crippen LogP contribution in [0.1, 0.15) is 46.6 Å². The average Bonchev–Trinajstić information content (AvgIpc) is 2.73. The summed E-state index contributed by atoms with van der Waals surface area (Å²) < 4.78 is 1.89. The SMILES string of the molecule is CCC1(C)CN(Cc2cnn(C)c2)C(C(C)(C)C)CN1. The molecule has 1 aliphatic rings. The van der Waals surface area contributed by atoms with Crippen LogP contribution < -0.4 is 5.32 Å².